The van der Waals surface area contributed by atoms with Crippen molar-refractivity contribution < 1.29 is 0 Å². The van der Waals surface area contributed by atoms with Gasteiger partial charge in [-0.15, -0.1) is 11.8 Å². The lowest BCUT2D eigenvalue weighted by Gasteiger charge is -2.28. The van der Waals surface area contributed by atoms with Gasteiger partial charge in [0.2, 0.25) is 0 Å². The summed E-state index contributed by atoms with van der Waals surface area (Å²) >= 11 is 2.08. The van der Waals surface area contributed by atoms with Gasteiger partial charge in [-0.2, -0.15) is 0 Å². The van der Waals surface area contributed by atoms with E-state index in [2.05, 4.69) is 73.3 Å². The fraction of sp³-hybridized carbons (Fsp3) is 0.520. The van der Waals surface area contributed by atoms with Crippen molar-refractivity contribution >= 4 is 11.8 Å². The van der Waals surface area contributed by atoms with Gasteiger partial charge in [0.1, 0.15) is 0 Å². The van der Waals surface area contributed by atoms with Gasteiger partial charge in [0.05, 0.1) is 0 Å². The molecule has 3 rings (SSSR count). The first-order valence-corrected chi connectivity index (χ1v) is 11.5. The van der Waals surface area contributed by atoms with Crippen LogP contribution in [0.25, 0.3) is 0 Å². The van der Waals surface area contributed by atoms with Gasteiger partial charge in [-0.3, -0.25) is 0 Å². The first-order valence-electron chi connectivity index (χ1n) is 10.7. The van der Waals surface area contributed by atoms with E-state index < -0.39 is 0 Å². The summed E-state index contributed by atoms with van der Waals surface area (Å²) in [5.41, 5.74) is 3.10. The fourth-order valence-corrected chi connectivity index (χ4v) is 5.30. The standard InChI is InChI=1S/C25H34S/c1-2-3-4-5-7-10-21-13-15-22(16-14-21)23-17-19-25(20-18-23)26-24-11-8-6-9-12-24/h6,8-9,11-16,23,25H,2-5,7,10,17-20H2,1H3. The number of hydrogen-bond donors (Lipinski definition) is 0. The van der Waals surface area contributed by atoms with E-state index in [-0.39, 0.29) is 0 Å². The molecule has 0 unspecified atom stereocenters. The van der Waals surface area contributed by atoms with Crippen molar-refractivity contribution in [2.45, 2.75) is 87.2 Å². The Morgan fingerprint density at radius 2 is 1.46 bits per heavy atom. The Hall–Kier alpha value is -1.21. The van der Waals surface area contributed by atoms with Crippen molar-refractivity contribution in [2.24, 2.45) is 0 Å². The lowest BCUT2D eigenvalue weighted by atomic mass is 9.83. The summed E-state index contributed by atoms with van der Waals surface area (Å²) in [6.07, 6.45) is 13.5. The lowest BCUT2D eigenvalue weighted by molar-refractivity contribution is 0.453. The van der Waals surface area contributed by atoms with Gasteiger partial charge in [-0.25, -0.2) is 0 Å². The van der Waals surface area contributed by atoms with Crippen molar-refractivity contribution in [1.82, 2.24) is 0 Å². The number of unbranched alkanes of at least 4 members (excludes halogenated alkanes) is 4. The Morgan fingerprint density at radius 1 is 0.769 bits per heavy atom. The molecule has 1 aliphatic rings. The van der Waals surface area contributed by atoms with Gasteiger partial charge < -0.3 is 0 Å². The molecule has 140 valence electrons. The van der Waals surface area contributed by atoms with Crippen LogP contribution in [0.4, 0.5) is 0 Å². The van der Waals surface area contributed by atoms with Crippen LogP contribution in [0.5, 0.6) is 0 Å². The monoisotopic (exact) mass is 366 g/mol. The largest absolute Gasteiger partial charge is 0.123 e. The lowest BCUT2D eigenvalue weighted by Crippen LogP contribution is -2.15. The first kappa shape index (κ1) is 19.5. The van der Waals surface area contributed by atoms with Crippen LogP contribution >= 0.6 is 11.8 Å². The third kappa shape index (κ3) is 6.20. The van der Waals surface area contributed by atoms with Crippen molar-refractivity contribution in [3.63, 3.8) is 0 Å². The normalized spacial score (nSPS) is 20.2. The number of hydrogen-bond acceptors (Lipinski definition) is 1. The minimum Gasteiger partial charge on any atom is -0.123 e. The summed E-state index contributed by atoms with van der Waals surface area (Å²) in [6.45, 7) is 2.28. The van der Waals surface area contributed by atoms with Gasteiger partial charge >= 0.3 is 0 Å². The average molecular weight is 367 g/mol. The van der Waals surface area contributed by atoms with Crippen molar-refractivity contribution in [2.75, 3.05) is 0 Å². The SMILES string of the molecule is CCCCCCCc1ccc(C2CCC(Sc3ccccc3)CC2)cc1. The number of thioether (sulfide) groups is 1. The van der Waals surface area contributed by atoms with Crippen LogP contribution in [0.3, 0.4) is 0 Å². The molecule has 0 bridgehead atoms. The molecule has 0 radical (unpaired) electrons. The van der Waals surface area contributed by atoms with Crippen molar-refractivity contribution in [1.29, 1.82) is 0 Å². The second-order valence-corrected chi connectivity index (χ2v) is 9.18. The molecule has 26 heavy (non-hydrogen) atoms. The summed E-state index contributed by atoms with van der Waals surface area (Å²) < 4.78 is 0. The number of rotatable bonds is 9. The topological polar surface area (TPSA) is 0 Å². The van der Waals surface area contributed by atoms with Crippen LogP contribution in [0.1, 0.15) is 81.8 Å². The average Bonchev–Trinajstić information content (AvgIpc) is 2.70. The highest BCUT2D eigenvalue weighted by molar-refractivity contribution is 8.00. The Labute approximate surface area is 164 Å². The minimum atomic E-state index is 0.779. The fourth-order valence-electron chi connectivity index (χ4n) is 4.09. The molecule has 0 nitrogen and oxygen atoms in total. The Bertz CT molecular complexity index is 608. The molecule has 2 aromatic rings. The predicted molar refractivity (Wildman–Crippen MR) is 116 cm³/mol. The molecular weight excluding hydrogens is 332 g/mol. The smallest absolute Gasteiger partial charge is 0.00948 e. The Kier molecular flexibility index (Phi) is 8.14. The molecule has 0 N–H and O–H groups in total. The first-order chi connectivity index (χ1) is 12.8. The van der Waals surface area contributed by atoms with Gasteiger partial charge in [-0.1, -0.05) is 75.1 Å². The van der Waals surface area contributed by atoms with Crippen LogP contribution in [-0.2, 0) is 6.42 Å². The zero-order chi connectivity index (χ0) is 18.0. The van der Waals surface area contributed by atoms with E-state index in [4.69, 9.17) is 0 Å². The van der Waals surface area contributed by atoms with E-state index in [9.17, 15) is 0 Å². The highest BCUT2D eigenvalue weighted by atomic mass is 32.2. The van der Waals surface area contributed by atoms with Crippen LogP contribution in [0, 0.1) is 0 Å². The molecular formula is C25H34S. The number of benzene rings is 2. The molecule has 0 saturated heterocycles. The molecule has 0 aliphatic heterocycles. The highest BCUT2D eigenvalue weighted by Gasteiger charge is 2.22. The summed E-state index contributed by atoms with van der Waals surface area (Å²) in [7, 11) is 0. The summed E-state index contributed by atoms with van der Waals surface area (Å²) in [6, 6.07) is 20.5. The second kappa shape index (κ2) is 10.8. The maximum atomic E-state index is 2.41. The molecule has 1 aliphatic carbocycles. The van der Waals surface area contributed by atoms with Crippen molar-refractivity contribution in [3.05, 3.63) is 65.7 Å². The van der Waals surface area contributed by atoms with Crippen LogP contribution in [0.15, 0.2) is 59.5 Å². The second-order valence-electron chi connectivity index (χ2n) is 7.81. The van der Waals surface area contributed by atoms with E-state index in [1.807, 2.05) is 0 Å². The third-order valence-electron chi connectivity index (χ3n) is 5.74. The summed E-state index contributed by atoms with van der Waals surface area (Å²) in [5, 5.41) is 0.802. The molecule has 0 spiro atoms. The maximum absolute atomic E-state index is 2.41. The zero-order valence-corrected chi connectivity index (χ0v) is 17.1. The van der Waals surface area contributed by atoms with Crippen molar-refractivity contribution in [3.8, 4) is 0 Å². The van der Waals surface area contributed by atoms with E-state index in [1.165, 1.54) is 74.7 Å². The third-order valence-corrected chi connectivity index (χ3v) is 7.09. The molecule has 0 heterocycles. The minimum absolute atomic E-state index is 0.779. The van der Waals surface area contributed by atoms with Gasteiger partial charge in [0.15, 0.2) is 0 Å². The predicted octanol–water partition coefficient (Wildman–Crippen LogP) is 8.02. The van der Waals surface area contributed by atoms with Crippen LogP contribution in [-0.4, -0.2) is 5.25 Å². The van der Waals surface area contributed by atoms with E-state index in [0.717, 1.165) is 11.2 Å². The summed E-state index contributed by atoms with van der Waals surface area (Å²) in [5.74, 6) is 0.779. The molecule has 0 aromatic heterocycles. The van der Waals surface area contributed by atoms with Gasteiger partial charge in [0.25, 0.3) is 0 Å². The Balaban J connectivity index is 1.41. The van der Waals surface area contributed by atoms with Crippen LogP contribution in [0.2, 0.25) is 0 Å². The Morgan fingerprint density at radius 3 is 2.15 bits per heavy atom. The van der Waals surface area contributed by atoms with Crippen LogP contribution < -0.4 is 0 Å². The molecule has 0 amide bonds. The van der Waals surface area contributed by atoms with E-state index in [0.29, 0.717) is 0 Å². The van der Waals surface area contributed by atoms with Gasteiger partial charge in [-0.05, 0) is 67.7 Å². The quantitative estimate of drug-likeness (QED) is 0.405. The molecule has 1 heteroatoms. The molecule has 0 atom stereocenters. The highest BCUT2D eigenvalue weighted by Crippen LogP contribution is 2.39. The maximum Gasteiger partial charge on any atom is 0.00948 e. The van der Waals surface area contributed by atoms with E-state index >= 15 is 0 Å². The van der Waals surface area contributed by atoms with E-state index in [1.54, 1.807) is 5.56 Å². The molecule has 1 fully saturated rings. The summed E-state index contributed by atoms with van der Waals surface area (Å²) in [4.78, 5) is 1.43. The molecule has 2 aromatic carbocycles. The number of aryl methyl sites for hydroxylation is 1. The zero-order valence-electron chi connectivity index (χ0n) is 16.3. The molecule has 1 saturated carbocycles. The van der Waals surface area contributed by atoms with Gasteiger partial charge in [0, 0.05) is 10.1 Å².